The third-order valence-electron chi connectivity index (χ3n) is 6.45. The van der Waals surface area contributed by atoms with Crippen LogP contribution in [0.25, 0.3) is 0 Å². The number of nitrogens with zero attached hydrogens (tertiary/aromatic N) is 4. The molecule has 31 heavy (non-hydrogen) atoms. The Labute approximate surface area is 209 Å². The molecule has 0 spiro atoms. The number of hydrogen-bond acceptors (Lipinski definition) is 3. The van der Waals surface area contributed by atoms with E-state index in [1.807, 2.05) is 61.3 Å². The summed E-state index contributed by atoms with van der Waals surface area (Å²) >= 11 is 15.3. The van der Waals surface area contributed by atoms with Gasteiger partial charge in [-0.05, 0) is 83.3 Å². The Morgan fingerprint density at radius 1 is 1.19 bits per heavy atom. The van der Waals surface area contributed by atoms with Crippen molar-refractivity contribution in [2.45, 2.75) is 50.8 Å². The summed E-state index contributed by atoms with van der Waals surface area (Å²) in [6, 6.07) is 3.89. The molecule has 0 aliphatic carbocycles. The lowest BCUT2D eigenvalue weighted by molar-refractivity contribution is 0.210. The maximum absolute atomic E-state index is 13.9. The Hall–Kier alpha value is -0.350. The molecule has 0 N–H and O–H groups in total. The Bertz CT molecular complexity index is 965. The van der Waals surface area contributed by atoms with Gasteiger partial charge in [0.1, 0.15) is 0 Å². The van der Waals surface area contributed by atoms with E-state index in [0.29, 0.717) is 14.9 Å². The van der Waals surface area contributed by atoms with Gasteiger partial charge < -0.3 is 9.21 Å². The van der Waals surface area contributed by atoms with Crippen molar-refractivity contribution in [3.8, 4) is 0 Å². The van der Waals surface area contributed by atoms with E-state index in [1.165, 1.54) is 32.4 Å². The van der Waals surface area contributed by atoms with Gasteiger partial charge in [-0.2, -0.15) is 5.10 Å². The molecule has 0 saturated carbocycles. The van der Waals surface area contributed by atoms with Crippen molar-refractivity contribution in [1.82, 2.24) is 14.7 Å². The van der Waals surface area contributed by atoms with Crippen molar-refractivity contribution in [1.29, 1.82) is 0 Å². The average Bonchev–Trinajstić information content (AvgIpc) is 2.93. The first-order chi connectivity index (χ1) is 14.5. The second-order valence-electron chi connectivity index (χ2n) is 8.72. The molecule has 2 heterocycles. The molecular formula is C22H33Cl2IN4OS. The molecule has 1 aromatic carbocycles. The van der Waals surface area contributed by atoms with Crippen LogP contribution in [0.2, 0.25) is 10.0 Å². The van der Waals surface area contributed by atoms with Crippen molar-refractivity contribution in [3.05, 3.63) is 39.1 Å². The first-order valence-corrected chi connectivity index (χ1v) is 15.9. The normalized spacial score (nSPS) is 16.6. The molecule has 1 aromatic heterocycles. The highest BCUT2D eigenvalue weighted by molar-refractivity contribution is 14.2. The maximum atomic E-state index is 13.9. The van der Waals surface area contributed by atoms with Gasteiger partial charge in [-0.15, -0.1) is 0 Å². The molecule has 3 rings (SSSR count). The van der Waals surface area contributed by atoms with Crippen molar-refractivity contribution in [2.24, 2.45) is 13.0 Å². The van der Waals surface area contributed by atoms with Crippen LogP contribution in [0.5, 0.6) is 0 Å². The van der Waals surface area contributed by atoms with Crippen molar-refractivity contribution >= 4 is 57.4 Å². The van der Waals surface area contributed by atoms with Gasteiger partial charge in [-0.3, -0.25) is 8.89 Å². The van der Waals surface area contributed by atoms with Gasteiger partial charge in [0.2, 0.25) is 0 Å². The Morgan fingerprint density at radius 2 is 1.77 bits per heavy atom. The molecule has 2 aromatic rings. The molecule has 9 heteroatoms. The predicted molar refractivity (Wildman–Crippen MR) is 143 cm³/mol. The van der Waals surface area contributed by atoms with Crippen LogP contribution >= 0.6 is 44.4 Å². The molecule has 0 atom stereocenters. The minimum absolute atomic E-state index is 0.477. The molecule has 1 fully saturated rings. The molecule has 0 bridgehead atoms. The van der Waals surface area contributed by atoms with Crippen LogP contribution in [-0.2, 0) is 20.8 Å². The molecule has 0 amide bonds. The number of likely N-dealkylation sites (tertiary alicyclic amines) is 1. The molecular weight excluding hydrogens is 566 g/mol. The molecule has 174 valence electrons. The molecule has 1 saturated heterocycles. The van der Waals surface area contributed by atoms with Crippen LogP contribution < -0.4 is 4.31 Å². The summed E-state index contributed by atoms with van der Waals surface area (Å²) in [5.41, 5.74) is 3.75. The van der Waals surface area contributed by atoms with Gasteiger partial charge in [0.05, 0.1) is 32.0 Å². The summed E-state index contributed by atoms with van der Waals surface area (Å²) in [4.78, 5) is 2.92. The van der Waals surface area contributed by atoms with Crippen molar-refractivity contribution < 1.29 is 4.21 Å². The number of benzene rings is 1. The van der Waals surface area contributed by atoms with Crippen LogP contribution in [0.4, 0.5) is 5.69 Å². The number of aryl methyl sites for hydroxylation is 3. The largest absolute Gasteiger partial charge is 0.306 e. The quantitative estimate of drug-likeness (QED) is 0.249. The average molecular weight is 599 g/mol. The van der Waals surface area contributed by atoms with Gasteiger partial charge in [0.25, 0.3) is 0 Å². The van der Waals surface area contributed by atoms with E-state index in [-0.39, 0.29) is 0 Å². The van der Waals surface area contributed by atoms with Gasteiger partial charge in [-0.1, -0.05) is 29.6 Å². The van der Waals surface area contributed by atoms with Crippen LogP contribution in [-0.4, -0.2) is 46.1 Å². The van der Waals surface area contributed by atoms with Crippen LogP contribution in [0.1, 0.15) is 42.6 Å². The summed E-state index contributed by atoms with van der Waals surface area (Å²) in [6.07, 6.45) is 5.87. The highest BCUT2D eigenvalue weighted by Crippen LogP contribution is 2.43. The lowest BCUT2D eigenvalue weighted by Crippen LogP contribution is -2.30. The Balaban J connectivity index is 1.75. The number of anilines is 1. The van der Waals surface area contributed by atoms with E-state index in [9.17, 15) is 4.21 Å². The van der Waals surface area contributed by atoms with E-state index < -0.39 is 7.29 Å². The van der Waals surface area contributed by atoms with Crippen LogP contribution in [0, 0.1) is 19.8 Å². The summed E-state index contributed by atoms with van der Waals surface area (Å²) < 4.78 is 17.5. The number of rotatable bonds is 7. The van der Waals surface area contributed by atoms with Gasteiger partial charge in [0, 0.05) is 42.6 Å². The van der Waals surface area contributed by atoms with Crippen molar-refractivity contribution in [3.63, 3.8) is 0 Å². The summed E-state index contributed by atoms with van der Waals surface area (Å²) in [5.74, 6) is 0.815. The second kappa shape index (κ2) is 10.3. The minimum atomic E-state index is -3.07. The zero-order valence-electron chi connectivity index (χ0n) is 19.0. The lowest BCUT2D eigenvalue weighted by Gasteiger charge is -2.32. The van der Waals surface area contributed by atoms with Gasteiger partial charge in [0.15, 0.2) is 0 Å². The van der Waals surface area contributed by atoms with Crippen molar-refractivity contribution in [2.75, 3.05) is 31.5 Å². The zero-order chi connectivity index (χ0) is 22.9. The maximum Gasteiger partial charge on any atom is 0.0919 e. The third-order valence-corrected chi connectivity index (χ3v) is 12.7. The summed E-state index contributed by atoms with van der Waals surface area (Å²) in [7, 11) is 2.84. The van der Waals surface area contributed by atoms with E-state index >= 15 is 0 Å². The van der Waals surface area contributed by atoms with Crippen LogP contribution in [0.15, 0.2) is 17.0 Å². The smallest absolute Gasteiger partial charge is 0.0919 e. The fraction of sp³-hybridized carbons (Fsp3) is 0.591. The minimum Gasteiger partial charge on any atom is -0.306 e. The Kier molecular flexibility index (Phi) is 8.38. The highest BCUT2D eigenvalue weighted by atomic mass is 127. The van der Waals surface area contributed by atoms with E-state index in [1.54, 1.807) is 8.99 Å². The fourth-order valence-electron chi connectivity index (χ4n) is 4.48. The third kappa shape index (κ3) is 5.60. The fourth-order valence-corrected chi connectivity index (χ4v) is 10.3. The number of aromatic nitrogens is 2. The Morgan fingerprint density at radius 3 is 2.29 bits per heavy atom. The zero-order valence-corrected chi connectivity index (χ0v) is 23.5. The monoisotopic (exact) mass is 598 g/mol. The molecule has 1 aliphatic heterocycles. The van der Waals surface area contributed by atoms with Crippen LogP contribution in [0.3, 0.4) is 0 Å². The molecule has 1 aliphatic rings. The topological polar surface area (TPSA) is 41.4 Å². The molecule has 0 unspecified atom stereocenters. The van der Waals surface area contributed by atoms with E-state index in [4.69, 9.17) is 23.2 Å². The van der Waals surface area contributed by atoms with Gasteiger partial charge >= 0.3 is 0 Å². The first-order valence-electron chi connectivity index (χ1n) is 10.7. The number of hydrogen-bond donors (Lipinski definition) is 1. The first kappa shape index (κ1) is 25.3. The molecule has 5 nitrogen and oxygen atoms in total. The van der Waals surface area contributed by atoms with E-state index in [2.05, 4.69) is 17.0 Å². The SMILES string of the molecule is Cc1nn(C)c(C)c1N(C)[SH](=O)(I)c1c(Cl)cc(CCCC2CCN(C)CC2)cc1Cl. The highest BCUT2D eigenvalue weighted by Gasteiger charge is 2.29. The number of thiol groups is 1. The lowest BCUT2D eigenvalue weighted by atomic mass is 9.91. The predicted octanol–water partition coefficient (Wildman–Crippen LogP) is 5.79. The summed E-state index contributed by atoms with van der Waals surface area (Å²) in [5, 5.41) is 5.41. The summed E-state index contributed by atoms with van der Waals surface area (Å²) in [6.45, 7) is 6.29. The van der Waals surface area contributed by atoms with Gasteiger partial charge in [-0.25, -0.2) is 0 Å². The number of halogens is 3. The molecule has 0 radical (unpaired) electrons. The second-order valence-corrected chi connectivity index (χ2v) is 15.5. The number of piperidine rings is 1. The standard InChI is InChI=1S/C22H33Cl2IN4OS/c1-15-21(16(2)28(4)26-15)29(5)31(25,30)22-19(23)13-18(14-20(22)24)8-6-7-17-9-11-27(3)12-10-17/h13-14,17,31H,6-12H2,1-5H3. The van der Waals surface area contributed by atoms with E-state index in [0.717, 1.165) is 41.4 Å².